The average Bonchev–Trinajstić information content (AvgIpc) is 3.03. The van der Waals surface area contributed by atoms with Gasteiger partial charge in [0.1, 0.15) is 30.5 Å². The molecule has 16 nitrogen and oxygen atoms in total. The quantitative estimate of drug-likeness (QED) is 0.0859. The second-order valence-corrected chi connectivity index (χ2v) is 11.0. The van der Waals surface area contributed by atoms with Crippen LogP contribution in [0.3, 0.4) is 0 Å². The first-order chi connectivity index (χ1) is 22.3. The van der Waals surface area contributed by atoms with Gasteiger partial charge in [-0.2, -0.15) is 0 Å². The van der Waals surface area contributed by atoms with E-state index in [2.05, 4.69) is 0 Å². The largest absolute Gasteiger partial charge is 0.504 e. The molecule has 2 aromatic carbocycles. The number of rotatable bonds is 11. The standard InChI is InChI=1S/C31H38O16/c1-14-24(39)25(40)26(41)30(43-14)47-28-27(46-23(38)8-5-16-3-6-18(34)20(36)11-16)22(13-32)45-31(29(28)44-15(2)33)42-10-9-17-4-7-19(35)21(37)12-17/h3-8,11-12,14,22,24-32,34-37,39-41H,9-10,13H2,1-2H3/b8-5+/t14-,22+,24-,25+,26+,27+,28-,29+,30-,31+/m0/s1. The van der Waals surface area contributed by atoms with Crippen molar-refractivity contribution in [2.45, 2.75) is 81.7 Å². The van der Waals surface area contributed by atoms with E-state index >= 15 is 0 Å². The Kier molecular flexibility index (Phi) is 12.0. The molecule has 2 aromatic rings. The first-order valence-corrected chi connectivity index (χ1v) is 14.6. The van der Waals surface area contributed by atoms with Crippen molar-refractivity contribution in [2.24, 2.45) is 0 Å². The molecule has 0 unspecified atom stereocenters. The molecule has 0 aromatic heterocycles. The Morgan fingerprint density at radius 1 is 0.809 bits per heavy atom. The molecule has 0 saturated carbocycles. The molecule has 0 amide bonds. The molecule has 10 atom stereocenters. The Bertz CT molecular complexity index is 1410. The smallest absolute Gasteiger partial charge is 0.331 e. The number of esters is 2. The summed E-state index contributed by atoms with van der Waals surface area (Å²) in [5.74, 6) is -3.31. The number of phenolic OH excluding ortho intramolecular Hbond substituents is 4. The summed E-state index contributed by atoms with van der Waals surface area (Å²) in [5, 5.41) is 80.1. The predicted molar refractivity (Wildman–Crippen MR) is 157 cm³/mol. The van der Waals surface area contributed by atoms with Crippen LogP contribution in [0.4, 0.5) is 0 Å². The molecule has 2 aliphatic rings. The number of benzene rings is 2. The fourth-order valence-electron chi connectivity index (χ4n) is 5.05. The van der Waals surface area contributed by atoms with E-state index in [0.717, 1.165) is 13.0 Å². The van der Waals surface area contributed by atoms with Crippen LogP contribution in [-0.2, 0) is 44.4 Å². The van der Waals surface area contributed by atoms with Crippen LogP contribution in [0.5, 0.6) is 23.0 Å². The zero-order chi connectivity index (χ0) is 34.4. The van der Waals surface area contributed by atoms with Gasteiger partial charge in [0.15, 0.2) is 47.8 Å². The van der Waals surface area contributed by atoms with Gasteiger partial charge in [-0.05, 0) is 54.8 Å². The zero-order valence-corrected chi connectivity index (χ0v) is 25.4. The molecule has 2 heterocycles. The van der Waals surface area contributed by atoms with E-state index in [0.29, 0.717) is 11.1 Å². The van der Waals surface area contributed by atoms with Gasteiger partial charge in [-0.15, -0.1) is 0 Å². The van der Waals surface area contributed by atoms with Gasteiger partial charge in [-0.3, -0.25) is 4.79 Å². The summed E-state index contributed by atoms with van der Waals surface area (Å²) in [6, 6.07) is 7.94. The third-order valence-electron chi connectivity index (χ3n) is 7.55. The summed E-state index contributed by atoms with van der Waals surface area (Å²) >= 11 is 0. The maximum Gasteiger partial charge on any atom is 0.331 e. The first kappa shape index (κ1) is 35.8. The van der Waals surface area contributed by atoms with Gasteiger partial charge in [-0.1, -0.05) is 12.1 Å². The zero-order valence-electron chi connectivity index (χ0n) is 25.4. The number of hydrogen-bond donors (Lipinski definition) is 8. The molecular formula is C31H38O16. The van der Waals surface area contributed by atoms with Gasteiger partial charge in [0.2, 0.25) is 0 Å². The van der Waals surface area contributed by atoms with Crippen LogP contribution in [0.15, 0.2) is 42.5 Å². The van der Waals surface area contributed by atoms with Crippen LogP contribution in [0.2, 0.25) is 0 Å². The van der Waals surface area contributed by atoms with Crippen LogP contribution in [0.1, 0.15) is 25.0 Å². The highest BCUT2D eigenvalue weighted by Gasteiger charge is 2.54. The van der Waals surface area contributed by atoms with Crippen molar-refractivity contribution in [3.63, 3.8) is 0 Å². The minimum Gasteiger partial charge on any atom is -0.504 e. The van der Waals surface area contributed by atoms with Crippen molar-refractivity contribution in [3.05, 3.63) is 53.6 Å². The summed E-state index contributed by atoms with van der Waals surface area (Å²) in [6.45, 7) is 1.62. The summed E-state index contributed by atoms with van der Waals surface area (Å²) < 4.78 is 34.4. The molecule has 0 bridgehead atoms. The van der Waals surface area contributed by atoms with Crippen molar-refractivity contribution < 1.29 is 78.9 Å². The van der Waals surface area contributed by atoms with Crippen molar-refractivity contribution in [1.29, 1.82) is 0 Å². The molecule has 258 valence electrons. The lowest BCUT2D eigenvalue weighted by atomic mass is 9.96. The summed E-state index contributed by atoms with van der Waals surface area (Å²) in [6.07, 6.45) is -12.7. The molecule has 2 saturated heterocycles. The first-order valence-electron chi connectivity index (χ1n) is 14.6. The number of phenols is 4. The van der Waals surface area contributed by atoms with E-state index in [9.17, 15) is 50.4 Å². The Morgan fingerprint density at radius 2 is 1.49 bits per heavy atom. The van der Waals surface area contributed by atoms with Crippen LogP contribution in [-0.4, -0.2) is 127 Å². The number of carbonyl (C=O) groups excluding carboxylic acids is 2. The third kappa shape index (κ3) is 8.88. The number of aliphatic hydroxyl groups excluding tert-OH is 4. The molecular weight excluding hydrogens is 628 g/mol. The second kappa shape index (κ2) is 15.7. The Balaban J connectivity index is 1.61. The Hall–Kier alpha value is -4.00. The van der Waals surface area contributed by atoms with Crippen molar-refractivity contribution >= 4 is 18.0 Å². The van der Waals surface area contributed by atoms with Crippen LogP contribution < -0.4 is 0 Å². The molecule has 8 N–H and O–H groups in total. The van der Waals surface area contributed by atoms with Crippen LogP contribution in [0, 0.1) is 0 Å². The molecule has 16 heteroatoms. The molecule has 47 heavy (non-hydrogen) atoms. The third-order valence-corrected chi connectivity index (χ3v) is 7.55. The lowest BCUT2D eigenvalue weighted by molar-refractivity contribution is -0.358. The molecule has 2 aliphatic heterocycles. The predicted octanol–water partition coefficient (Wildman–Crippen LogP) is -0.445. The van der Waals surface area contributed by atoms with E-state index in [4.69, 9.17) is 28.4 Å². The summed E-state index contributed by atoms with van der Waals surface area (Å²) in [5.41, 5.74) is 0.879. The lowest BCUT2D eigenvalue weighted by Crippen LogP contribution is -2.65. The van der Waals surface area contributed by atoms with Gasteiger partial charge in [0, 0.05) is 13.0 Å². The fourth-order valence-corrected chi connectivity index (χ4v) is 5.05. The van der Waals surface area contributed by atoms with Crippen molar-refractivity contribution in [1.82, 2.24) is 0 Å². The van der Waals surface area contributed by atoms with Gasteiger partial charge in [0.05, 0.1) is 19.3 Å². The maximum absolute atomic E-state index is 13.0. The number of hydrogen-bond acceptors (Lipinski definition) is 16. The highest BCUT2D eigenvalue weighted by Crippen LogP contribution is 2.33. The van der Waals surface area contributed by atoms with Crippen molar-refractivity contribution in [3.8, 4) is 23.0 Å². The summed E-state index contributed by atoms with van der Waals surface area (Å²) in [4.78, 5) is 25.3. The van der Waals surface area contributed by atoms with E-state index in [1.165, 1.54) is 49.4 Å². The molecule has 0 spiro atoms. The van der Waals surface area contributed by atoms with Gasteiger partial charge in [0.25, 0.3) is 0 Å². The average molecular weight is 667 g/mol. The van der Waals surface area contributed by atoms with E-state index < -0.39 is 85.7 Å². The van der Waals surface area contributed by atoms with Gasteiger partial charge in [-0.25, -0.2) is 4.79 Å². The van der Waals surface area contributed by atoms with E-state index in [1.54, 1.807) is 0 Å². The highest BCUT2D eigenvalue weighted by molar-refractivity contribution is 5.87. The Labute approximate surface area is 268 Å². The number of ether oxygens (including phenoxy) is 6. The van der Waals surface area contributed by atoms with E-state index in [-0.39, 0.29) is 30.3 Å². The van der Waals surface area contributed by atoms with Crippen molar-refractivity contribution in [2.75, 3.05) is 13.2 Å². The summed E-state index contributed by atoms with van der Waals surface area (Å²) in [7, 11) is 0. The molecule has 0 aliphatic carbocycles. The van der Waals surface area contributed by atoms with Crippen LogP contribution >= 0.6 is 0 Å². The number of aliphatic hydroxyl groups is 4. The molecule has 0 radical (unpaired) electrons. The Morgan fingerprint density at radius 3 is 2.13 bits per heavy atom. The SMILES string of the molecule is CC(=O)O[C@H]1[C@H](OCCc2ccc(O)c(O)c2)O[C@H](CO)[C@@H](OC(=O)/C=C/c2ccc(O)c(O)c2)[C@@H]1O[C@@H]1O[C@@H](C)[C@H](O)[C@@H](O)[C@H]1O. The number of aromatic hydroxyl groups is 4. The highest BCUT2D eigenvalue weighted by atomic mass is 16.8. The fraction of sp³-hybridized carbons (Fsp3) is 0.484. The van der Waals surface area contributed by atoms with Crippen LogP contribution in [0.25, 0.3) is 6.08 Å². The number of carbonyl (C=O) groups is 2. The monoisotopic (exact) mass is 666 g/mol. The van der Waals surface area contributed by atoms with Gasteiger partial charge >= 0.3 is 11.9 Å². The topological polar surface area (TPSA) is 251 Å². The maximum atomic E-state index is 13.0. The minimum absolute atomic E-state index is 0.103. The molecule has 4 rings (SSSR count). The van der Waals surface area contributed by atoms with Gasteiger partial charge < -0.3 is 69.3 Å². The molecule has 2 fully saturated rings. The minimum atomic E-state index is -1.81. The normalized spacial score (nSPS) is 31.0. The second-order valence-electron chi connectivity index (χ2n) is 11.0. The van der Waals surface area contributed by atoms with E-state index in [1.807, 2.05) is 0 Å². The lowest BCUT2D eigenvalue weighted by Gasteiger charge is -2.47.